The van der Waals surface area contributed by atoms with Crippen LogP contribution in [-0.2, 0) is 0 Å². The molecule has 0 N–H and O–H groups in total. The molecule has 0 amide bonds. The molecule has 1 aliphatic rings. The summed E-state index contributed by atoms with van der Waals surface area (Å²) in [7, 11) is 0. The van der Waals surface area contributed by atoms with Crippen LogP contribution in [0.2, 0.25) is 0 Å². The molecule has 0 aromatic heterocycles. The van der Waals surface area contributed by atoms with Gasteiger partial charge in [-0.3, -0.25) is 0 Å². The first kappa shape index (κ1) is 5.35. The molecular weight excluding hydrogens is 100 g/mol. The molecule has 1 aliphatic heterocycles. The Bertz CT molecular complexity index is 145. The SMILES string of the molecule is CCC1=CC(C)=N[N]1. The van der Waals surface area contributed by atoms with E-state index in [4.69, 9.17) is 0 Å². The summed E-state index contributed by atoms with van der Waals surface area (Å²) < 4.78 is 0. The maximum atomic E-state index is 3.88. The highest BCUT2D eigenvalue weighted by atomic mass is 15.3. The highest BCUT2D eigenvalue weighted by molar-refractivity contribution is 5.94. The summed E-state index contributed by atoms with van der Waals surface area (Å²) in [5.41, 5.74) is 5.99. The number of hydrogen-bond donors (Lipinski definition) is 0. The Morgan fingerprint density at radius 1 is 1.62 bits per heavy atom. The molecule has 2 heteroatoms. The summed E-state index contributed by atoms with van der Waals surface area (Å²) in [4.78, 5) is 0. The molecule has 8 heavy (non-hydrogen) atoms. The summed E-state index contributed by atoms with van der Waals surface area (Å²) in [6.07, 6.45) is 2.99. The highest BCUT2D eigenvalue weighted by Gasteiger charge is 2.01. The van der Waals surface area contributed by atoms with E-state index in [0.29, 0.717) is 0 Å². The van der Waals surface area contributed by atoms with E-state index >= 15 is 0 Å². The van der Waals surface area contributed by atoms with Crippen LogP contribution in [0, 0.1) is 0 Å². The predicted octanol–water partition coefficient (Wildman–Crippen LogP) is 1.27. The van der Waals surface area contributed by atoms with Crippen LogP contribution < -0.4 is 5.43 Å². The highest BCUT2D eigenvalue weighted by Crippen LogP contribution is 2.03. The van der Waals surface area contributed by atoms with Gasteiger partial charge in [-0.05, 0) is 19.4 Å². The Kier molecular flexibility index (Phi) is 1.33. The molecule has 0 atom stereocenters. The Labute approximate surface area is 49.3 Å². The van der Waals surface area contributed by atoms with Crippen molar-refractivity contribution in [1.82, 2.24) is 5.43 Å². The normalized spacial score (nSPS) is 17.2. The summed E-state index contributed by atoms with van der Waals surface area (Å²) in [6.45, 7) is 4.02. The monoisotopic (exact) mass is 109 g/mol. The number of nitrogens with zero attached hydrogens (tertiary/aromatic N) is 2. The van der Waals surface area contributed by atoms with E-state index in [1.165, 1.54) is 0 Å². The second-order valence-electron chi connectivity index (χ2n) is 1.83. The van der Waals surface area contributed by atoms with Crippen molar-refractivity contribution in [3.63, 3.8) is 0 Å². The van der Waals surface area contributed by atoms with E-state index < -0.39 is 0 Å². The summed E-state index contributed by atoms with van der Waals surface area (Å²) >= 11 is 0. The van der Waals surface area contributed by atoms with Gasteiger partial charge in [0.15, 0.2) is 0 Å². The molecule has 0 fully saturated rings. The molecule has 0 saturated carbocycles. The van der Waals surface area contributed by atoms with E-state index in [9.17, 15) is 0 Å². The average molecular weight is 109 g/mol. The Hall–Kier alpha value is -0.790. The van der Waals surface area contributed by atoms with Gasteiger partial charge in [-0.1, -0.05) is 6.92 Å². The van der Waals surface area contributed by atoms with E-state index in [2.05, 4.69) is 17.5 Å². The Morgan fingerprint density at radius 2 is 2.38 bits per heavy atom. The van der Waals surface area contributed by atoms with Gasteiger partial charge in [0, 0.05) is 0 Å². The standard InChI is InChI=1S/C6H9N2/c1-3-6-4-5(2)7-8-6/h4H,3H2,1-2H3. The fraction of sp³-hybridized carbons (Fsp3) is 0.500. The van der Waals surface area contributed by atoms with Crippen LogP contribution in [0.3, 0.4) is 0 Å². The summed E-state index contributed by atoms with van der Waals surface area (Å²) in [6, 6.07) is 0. The fourth-order valence-electron chi connectivity index (χ4n) is 0.615. The largest absolute Gasteiger partial charge is 0.156 e. The first-order chi connectivity index (χ1) is 3.83. The predicted molar refractivity (Wildman–Crippen MR) is 33.6 cm³/mol. The van der Waals surface area contributed by atoms with Gasteiger partial charge < -0.3 is 0 Å². The quantitative estimate of drug-likeness (QED) is 0.485. The van der Waals surface area contributed by atoms with Gasteiger partial charge in [-0.25, -0.2) is 0 Å². The Morgan fingerprint density at radius 3 is 2.62 bits per heavy atom. The zero-order valence-electron chi connectivity index (χ0n) is 5.18. The lowest BCUT2D eigenvalue weighted by Crippen LogP contribution is -1.87. The van der Waals surface area contributed by atoms with Crippen LogP contribution in [-0.4, -0.2) is 5.71 Å². The minimum atomic E-state index is 0.987. The van der Waals surface area contributed by atoms with Crippen molar-refractivity contribution in [2.75, 3.05) is 0 Å². The van der Waals surface area contributed by atoms with Crippen molar-refractivity contribution in [1.29, 1.82) is 0 Å². The molecule has 0 unspecified atom stereocenters. The second kappa shape index (κ2) is 1.99. The molecule has 0 aromatic carbocycles. The molecular formula is C6H9N2. The maximum absolute atomic E-state index is 3.88. The van der Waals surface area contributed by atoms with Crippen molar-refractivity contribution in [2.45, 2.75) is 20.3 Å². The molecule has 0 spiro atoms. The fourth-order valence-corrected chi connectivity index (χ4v) is 0.615. The van der Waals surface area contributed by atoms with Gasteiger partial charge >= 0.3 is 0 Å². The topological polar surface area (TPSA) is 26.5 Å². The molecule has 1 heterocycles. The van der Waals surface area contributed by atoms with Crippen molar-refractivity contribution >= 4 is 5.71 Å². The smallest absolute Gasteiger partial charge is 0.0646 e. The average Bonchev–Trinajstić information content (AvgIpc) is 2.14. The van der Waals surface area contributed by atoms with Crippen LogP contribution >= 0.6 is 0 Å². The second-order valence-corrected chi connectivity index (χ2v) is 1.83. The minimum Gasteiger partial charge on any atom is -0.156 e. The van der Waals surface area contributed by atoms with Crippen molar-refractivity contribution < 1.29 is 0 Å². The third-order valence-corrected chi connectivity index (χ3v) is 1.07. The van der Waals surface area contributed by atoms with E-state index in [-0.39, 0.29) is 0 Å². The number of hydrogen-bond acceptors (Lipinski definition) is 1. The lowest BCUT2D eigenvalue weighted by molar-refractivity contribution is 0.837. The van der Waals surface area contributed by atoms with Crippen LogP contribution in [0.25, 0.3) is 0 Å². The molecule has 2 nitrogen and oxygen atoms in total. The maximum Gasteiger partial charge on any atom is 0.0646 e. The van der Waals surface area contributed by atoms with Gasteiger partial charge in [-0.15, -0.1) is 0 Å². The molecule has 1 radical (unpaired) electrons. The van der Waals surface area contributed by atoms with Gasteiger partial charge in [0.2, 0.25) is 0 Å². The van der Waals surface area contributed by atoms with Crippen molar-refractivity contribution in [3.8, 4) is 0 Å². The summed E-state index contributed by atoms with van der Waals surface area (Å²) in [5.74, 6) is 0. The first-order valence-corrected chi connectivity index (χ1v) is 2.79. The molecule has 0 bridgehead atoms. The molecule has 0 aliphatic carbocycles. The van der Waals surface area contributed by atoms with E-state index in [0.717, 1.165) is 17.8 Å². The molecule has 43 valence electrons. The van der Waals surface area contributed by atoms with Gasteiger partial charge in [0.25, 0.3) is 0 Å². The van der Waals surface area contributed by atoms with Gasteiger partial charge in [0.1, 0.15) is 0 Å². The summed E-state index contributed by atoms with van der Waals surface area (Å²) in [5, 5.41) is 3.84. The molecule has 0 aromatic rings. The lowest BCUT2D eigenvalue weighted by Gasteiger charge is -1.86. The van der Waals surface area contributed by atoms with E-state index in [1.807, 2.05) is 13.0 Å². The third kappa shape index (κ3) is 0.886. The minimum absolute atomic E-state index is 0.987. The van der Waals surface area contributed by atoms with Crippen molar-refractivity contribution in [3.05, 3.63) is 11.8 Å². The van der Waals surface area contributed by atoms with Gasteiger partial charge in [-0.2, -0.15) is 10.5 Å². The van der Waals surface area contributed by atoms with Gasteiger partial charge in [0.05, 0.1) is 11.4 Å². The number of allylic oxidation sites excluding steroid dienone is 2. The van der Waals surface area contributed by atoms with Crippen molar-refractivity contribution in [2.24, 2.45) is 5.10 Å². The third-order valence-electron chi connectivity index (χ3n) is 1.07. The molecule has 0 saturated heterocycles. The zero-order chi connectivity index (χ0) is 5.98. The zero-order valence-corrected chi connectivity index (χ0v) is 5.18. The van der Waals surface area contributed by atoms with E-state index in [1.54, 1.807) is 0 Å². The van der Waals surface area contributed by atoms with Crippen LogP contribution in [0.15, 0.2) is 16.9 Å². The Balaban J connectivity index is 2.56. The van der Waals surface area contributed by atoms with Crippen LogP contribution in [0.1, 0.15) is 20.3 Å². The lowest BCUT2D eigenvalue weighted by atomic mass is 10.3. The van der Waals surface area contributed by atoms with Crippen LogP contribution in [0.4, 0.5) is 0 Å². The number of rotatable bonds is 1. The molecule has 1 rings (SSSR count). The van der Waals surface area contributed by atoms with Crippen LogP contribution in [0.5, 0.6) is 0 Å². The first-order valence-electron chi connectivity index (χ1n) is 2.79.